The Morgan fingerprint density at radius 2 is 2.10 bits per heavy atom. The quantitative estimate of drug-likeness (QED) is 0.846. The van der Waals surface area contributed by atoms with Crippen LogP contribution < -0.4 is 5.73 Å². The Morgan fingerprint density at radius 1 is 1.35 bits per heavy atom. The van der Waals surface area contributed by atoms with Crippen molar-refractivity contribution in [3.05, 3.63) is 29.1 Å². The minimum Gasteiger partial charge on any atom is -0.399 e. The molecule has 0 aliphatic heterocycles. The summed E-state index contributed by atoms with van der Waals surface area (Å²) in [4.78, 5) is 15.3. The van der Waals surface area contributed by atoms with Crippen LogP contribution in [0, 0.1) is 5.92 Å². The first-order valence-electron chi connectivity index (χ1n) is 7.13. The largest absolute Gasteiger partial charge is 0.399 e. The summed E-state index contributed by atoms with van der Waals surface area (Å²) >= 11 is 1.55. The van der Waals surface area contributed by atoms with Crippen LogP contribution in [0.3, 0.4) is 0 Å². The number of amides is 1. The lowest BCUT2D eigenvalue weighted by Crippen LogP contribution is -2.34. The molecule has 2 aromatic rings. The van der Waals surface area contributed by atoms with Crippen molar-refractivity contribution in [2.24, 2.45) is 5.92 Å². The number of carbonyl (C=O) groups excluding carboxylic acids is 1. The van der Waals surface area contributed by atoms with E-state index in [1.807, 2.05) is 36.1 Å². The molecule has 1 atom stereocenters. The van der Waals surface area contributed by atoms with Gasteiger partial charge in [-0.1, -0.05) is 20.3 Å². The Labute approximate surface area is 124 Å². The van der Waals surface area contributed by atoms with Gasteiger partial charge < -0.3 is 10.6 Å². The standard InChI is InChI=1S/C16H22N2OS/c1-4-11(3)10-18(5-2)16(19)15-9-12-8-13(17)6-7-14(12)20-15/h6-9,11H,4-5,10,17H2,1-3H3. The van der Waals surface area contributed by atoms with E-state index in [0.717, 1.165) is 40.2 Å². The summed E-state index contributed by atoms with van der Waals surface area (Å²) in [6.07, 6.45) is 1.09. The van der Waals surface area contributed by atoms with Crippen LogP contribution in [-0.2, 0) is 0 Å². The molecule has 0 saturated heterocycles. The molecular formula is C16H22N2OS. The van der Waals surface area contributed by atoms with Crippen molar-refractivity contribution in [1.82, 2.24) is 4.90 Å². The van der Waals surface area contributed by atoms with Gasteiger partial charge in [-0.15, -0.1) is 11.3 Å². The van der Waals surface area contributed by atoms with E-state index in [4.69, 9.17) is 5.73 Å². The maximum atomic E-state index is 12.6. The number of thiophene rings is 1. The lowest BCUT2D eigenvalue weighted by molar-refractivity contribution is 0.0746. The first kappa shape index (κ1) is 14.9. The highest BCUT2D eigenvalue weighted by atomic mass is 32.1. The molecule has 0 aliphatic carbocycles. The third-order valence-corrected chi connectivity index (χ3v) is 4.75. The van der Waals surface area contributed by atoms with Crippen LogP contribution in [0.15, 0.2) is 24.3 Å². The van der Waals surface area contributed by atoms with E-state index < -0.39 is 0 Å². The van der Waals surface area contributed by atoms with E-state index in [9.17, 15) is 4.79 Å². The number of hydrogen-bond acceptors (Lipinski definition) is 3. The van der Waals surface area contributed by atoms with Gasteiger partial charge in [-0.3, -0.25) is 4.79 Å². The van der Waals surface area contributed by atoms with E-state index in [2.05, 4.69) is 13.8 Å². The van der Waals surface area contributed by atoms with Crippen molar-refractivity contribution < 1.29 is 4.79 Å². The molecule has 0 spiro atoms. The lowest BCUT2D eigenvalue weighted by atomic mass is 10.1. The van der Waals surface area contributed by atoms with Crippen LogP contribution in [0.25, 0.3) is 10.1 Å². The maximum absolute atomic E-state index is 12.6. The van der Waals surface area contributed by atoms with E-state index in [-0.39, 0.29) is 5.91 Å². The molecular weight excluding hydrogens is 268 g/mol. The number of anilines is 1. The molecule has 0 fully saturated rings. The monoisotopic (exact) mass is 290 g/mol. The number of nitrogens with zero attached hydrogens (tertiary/aromatic N) is 1. The predicted molar refractivity (Wildman–Crippen MR) is 87.3 cm³/mol. The average molecular weight is 290 g/mol. The number of carbonyl (C=O) groups is 1. The summed E-state index contributed by atoms with van der Waals surface area (Å²) in [7, 11) is 0. The second-order valence-corrected chi connectivity index (χ2v) is 6.35. The van der Waals surface area contributed by atoms with Gasteiger partial charge in [0.05, 0.1) is 4.88 Å². The molecule has 1 unspecified atom stereocenters. The van der Waals surface area contributed by atoms with E-state index in [1.165, 1.54) is 0 Å². The molecule has 2 rings (SSSR count). The molecule has 0 saturated carbocycles. The molecule has 0 radical (unpaired) electrons. The number of nitrogen functional groups attached to an aromatic ring is 1. The molecule has 1 heterocycles. The molecule has 3 nitrogen and oxygen atoms in total. The molecule has 1 aromatic carbocycles. The van der Waals surface area contributed by atoms with Gasteiger partial charge in [0.2, 0.25) is 0 Å². The molecule has 108 valence electrons. The van der Waals surface area contributed by atoms with Crippen molar-refractivity contribution in [3.8, 4) is 0 Å². The zero-order chi connectivity index (χ0) is 14.7. The van der Waals surface area contributed by atoms with Gasteiger partial charge in [-0.05, 0) is 42.5 Å². The van der Waals surface area contributed by atoms with Gasteiger partial charge in [0, 0.05) is 23.5 Å². The lowest BCUT2D eigenvalue weighted by Gasteiger charge is -2.23. The Bertz CT molecular complexity index is 606. The number of hydrogen-bond donors (Lipinski definition) is 1. The third-order valence-electron chi connectivity index (χ3n) is 3.65. The molecule has 4 heteroatoms. The summed E-state index contributed by atoms with van der Waals surface area (Å²) in [5.41, 5.74) is 6.53. The fraction of sp³-hybridized carbons (Fsp3) is 0.438. The highest BCUT2D eigenvalue weighted by Crippen LogP contribution is 2.28. The Hall–Kier alpha value is -1.55. The third kappa shape index (κ3) is 3.12. The summed E-state index contributed by atoms with van der Waals surface area (Å²) < 4.78 is 1.11. The minimum atomic E-state index is 0.132. The second kappa shape index (κ2) is 6.27. The molecule has 1 aromatic heterocycles. The molecule has 0 bridgehead atoms. The topological polar surface area (TPSA) is 46.3 Å². The Morgan fingerprint density at radius 3 is 2.75 bits per heavy atom. The smallest absolute Gasteiger partial charge is 0.263 e. The number of benzene rings is 1. The van der Waals surface area contributed by atoms with Crippen LogP contribution in [0.4, 0.5) is 5.69 Å². The van der Waals surface area contributed by atoms with Crippen LogP contribution in [0.1, 0.15) is 36.9 Å². The molecule has 20 heavy (non-hydrogen) atoms. The minimum absolute atomic E-state index is 0.132. The van der Waals surface area contributed by atoms with Crippen LogP contribution >= 0.6 is 11.3 Å². The average Bonchev–Trinajstić information content (AvgIpc) is 2.86. The van der Waals surface area contributed by atoms with Crippen molar-refractivity contribution in [3.63, 3.8) is 0 Å². The van der Waals surface area contributed by atoms with Gasteiger partial charge >= 0.3 is 0 Å². The van der Waals surface area contributed by atoms with Gasteiger partial charge in [0.25, 0.3) is 5.91 Å². The van der Waals surface area contributed by atoms with Crippen molar-refractivity contribution in [2.45, 2.75) is 27.2 Å². The molecule has 1 amide bonds. The van der Waals surface area contributed by atoms with Crippen LogP contribution in [0.2, 0.25) is 0 Å². The van der Waals surface area contributed by atoms with E-state index >= 15 is 0 Å². The van der Waals surface area contributed by atoms with Gasteiger partial charge in [-0.2, -0.15) is 0 Å². The predicted octanol–water partition coefficient (Wildman–Crippen LogP) is 3.99. The zero-order valence-corrected chi connectivity index (χ0v) is 13.2. The highest BCUT2D eigenvalue weighted by Gasteiger charge is 2.18. The summed E-state index contributed by atoms with van der Waals surface area (Å²) in [6, 6.07) is 7.74. The van der Waals surface area contributed by atoms with Crippen LogP contribution in [0.5, 0.6) is 0 Å². The first-order valence-corrected chi connectivity index (χ1v) is 7.95. The SMILES string of the molecule is CCC(C)CN(CC)C(=O)c1cc2cc(N)ccc2s1. The van der Waals surface area contributed by atoms with Crippen LogP contribution in [-0.4, -0.2) is 23.9 Å². The zero-order valence-electron chi connectivity index (χ0n) is 12.3. The van der Waals surface area contributed by atoms with Crippen molar-refractivity contribution in [2.75, 3.05) is 18.8 Å². The number of rotatable bonds is 5. The van der Waals surface area contributed by atoms with Crippen molar-refractivity contribution >= 4 is 33.0 Å². The fourth-order valence-corrected chi connectivity index (χ4v) is 3.20. The summed E-state index contributed by atoms with van der Waals surface area (Å²) in [5.74, 6) is 0.663. The summed E-state index contributed by atoms with van der Waals surface area (Å²) in [5, 5.41) is 1.05. The normalized spacial score (nSPS) is 12.6. The fourth-order valence-electron chi connectivity index (χ4n) is 2.18. The maximum Gasteiger partial charge on any atom is 0.263 e. The summed E-state index contributed by atoms with van der Waals surface area (Å²) in [6.45, 7) is 7.94. The molecule has 2 N–H and O–H groups in total. The van der Waals surface area contributed by atoms with E-state index in [1.54, 1.807) is 11.3 Å². The van der Waals surface area contributed by atoms with Gasteiger partial charge in [0.15, 0.2) is 0 Å². The number of fused-ring (bicyclic) bond motifs is 1. The Balaban J connectivity index is 2.25. The first-order chi connectivity index (χ1) is 9.55. The Kier molecular flexibility index (Phi) is 4.65. The second-order valence-electron chi connectivity index (χ2n) is 5.27. The van der Waals surface area contributed by atoms with Crippen molar-refractivity contribution in [1.29, 1.82) is 0 Å². The molecule has 0 aliphatic rings. The van der Waals surface area contributed by atoms with E-state index in [0.29, 0.717) is 5.92 Å². The van der Waals surface area contributed by atoms with Gasteiger partial charge in [0.1, 0.15) is 0 Å². The highest BCUT2D eigenvalue weighted by molar-refractivity contribution is 7.20. The number of nitrogens with two attached hydrogens (primary N) is 1. The van der Waals surface area contributed by atoms with Gasteiger partial charge in [-0.25, -0.2) is 0 Å².